The summed E-state index contributed by atoms with van der Waals surface area (Å²) in [5, 5.41) is 20.4. The molecule has 0 spiro atoms. The summed E-state index contributed by atoms with van der Waals surface area (Å²) in [6.07, 6.45) is 8.18. The molecule has 12 nitrogen and oxygen atoms in total. The number of hydrogen-bond acceptors (Lipinski definition) is 7. The molecule has 0 radical (unpaired) electrons. The molecular formula is C29H50N6O6. The van der Waals surface area contributed by atoms with Crippen molar-refractivity contribution < 1.29 is 29.0 Å². The van der Waals surface area contributed by atoms with Gasteiger partial charge in [0.05, 0.1) is 25.7 Å². The minimum absolute atomic E-state index is 0.0217. The van der Waals surface area contributed by atoms with E-state index in [9.17, 15) is 24.3 Å². The maximum absolute atomic E-state index is 13.5. The number of hydrogen-bond donors (Lipinski definition) is 5. The first-order chi connectivity index (χ1) is 19.7. The summed E-state index contributed by atoms with van der Waals surface area (Å²) >= 11 is 0. The van der Waals surface area contributed by atoms with Crippen LogP contribution in [0, 0.1) is 11.8 Å². The van der Waals surface area contributed by atoms with E-state index in [0.29, 0.717) is 45.2 Å². The lowest BCUT2D eigenvalue weighted by Crippen LogP contribution is -2.62. The summed E-state index contributed by atoms with van der Waals surface area (Å²) in [6.45, 7) is 7.17. The van der Waals surface area contributed by atoms with Crippen molar-refractivity contribution in [3.63, 3.8) is 0 Å². The number of carboxylic acid groups (broad SMARTS) is 1. The summed E-state index contributed by atoms with van der Waals surface area (Å²) in [5.41, 5.74) is 3.19. The smallest absolute Gasteiger partial charge is 0.315 e. The highest BCUT2D eigenvalue weighted by Crippen LogP contribution is 2.26. The van der Waals surface area contributed by atoms with Crippen LogP contribution in [0.25, 0.3) is 0 Å². The van der Waals surface area contributed by atoms with Gasteiger partial charge in [0.1, 0.15) is 0 Å². The molecule has 12 heteroatoms. The monoisotopic (exact) mass is 578 g/mol. The van der Waals surface area contributed by atoms with Gasteiger partial charge in [0, 0.05) is 56.1 Å². The molecule has 232 valence electrons. The quantitative estimate of drug-likeness (QED) is 0.262. The van der Waals surface area contributed by atoms with Crippen molar-refractivity contribution >= 4 is 23.8 Å². The van der Waals surface area contributed by atoms with Gasteiger partial charge in [-0.1, -0.05) is 19.8 Å². The highest BCUT2D eigenvalue weighted by molar-refractivity contribution is 5.86. The first kappa shape index (κ1) is 31.5. The van der Waals surface area contributed by atoms with E-state index in [2.05, 4.69) is 33.2 Å². The topological polar surface area (TPSA) is 152 Å². The Labute approximate surface area is 243 Å². The molecule has 5 atom stereocenters. The van der Waals surface area contributed by atoms with Crippen molar-refractivity contribution in [1.82, 2.24) is 31.3 Å². The Morgan fingerprint density at radius 1 is 0.976 bits per heavy atom. The van der Waals surface area contributed by atoms with Gasteiger partial charge in [-0.25, -0.2) is 10.2 Å². The predicted octanol–water partition coefficient (Wildman–Crippen LogP) is 1.60. The minimum atomic E-state index is -0.962. The van der Waals surface area contributed by atoms with Gasteiger partial charge in [-0.2, -0.15) is 0 Å². The number of nitrogens with zero attached hydrogens (tertiary/aromatic N) is 2. The van der Waals surface area contributed by atoms with E-state index in [-0.39, 0.29) is 54.9 Å². The molecule has 0 bridgehead atoms. The first-order valence-corrected chi connectivity index (χ1v) is 15.7. The number of amides is 4. The number of ether oxygens (including phenoxy) is 1. The van der Waals surface area contributed by atoms with E-state index in [0.717, 1.165) is 44.9 Å². The number of hydrazine groups is 1. The number of morpholine rings is 1. The molecule has 2 saturated carbocycles. The zero-order valence-electron chi connectivity index (χ0n) is 24.7. The Balaban J connectivity index is 1.22. The van der Waals surface area contributed by atoms with Gasteiger partial charge < -0.3 is 25.8 Å². The molecule has 41 heavy (non-hydrogen) atoms. The van der Waals surface area contributed by atoms with Gasteiger partial charge in [0.15, 0.2) is 0 Å². The first-order valence-electron chi connectivity index (χ1n) is 15.7. The standard InChI is InChI=1S/C29H50N6O6/c1-19-5-3-4-6-25(19)32-29(40)31-23-9-7-22(8-10-23)30-26(36)16-21-15-20(2)33-35(28(21)39)24(17-27(37)38)18-34-11-13-41-14-12-34/h19-25,33H,3-18H2,1-2H3,(H,30,36)(H,37,38)(H2,31,32,40)/t19?,20?,21?,22?,23?,24-,25?/m0/s1. The highest BCUT2D eigenvalue weighted by atomic mass is 16.5. The Morgan fingerprint density at radius 2 is 1.63 bits per heavy atom. The lowest BCUT2D eigenvalue weighted by atomic mass is 9.86. The number of carbonyl (C=O) groups excluding carboxylic acids is 3. The summed E-state index contributed by atoms with van der Waals surface area (Å²) in [7, 11) is 0. The van der Waals surface area contributed by atoms with E-state index in [1.807, 2.05) is 6.92 Å². The van der Waals surface area contributed by atoms with E-state index in [1.165, 1.54) is 11.4 Å². The maximum Gasteiger partial charge on any atom is 0.315 e. The summed E-state index contributed by atoms with van der Waals surface area (Å²) in [4.78, 5) is 52.8. The van der Waals surface area contributed by atoms with E-state index in [4.69, 9.17) is 4.74 Å². The van der Waals surface area contributed by atoms with Crippen LogP contribution < -0.4 is 21.4 Å². The molecule has 2 aliphatic carbocycles. The van der Waals surface area contributed by atoms with Gasteiger partial charge in [-0.3, -0.25) is 24.3 Å². The average Bonchev–Trinajstić information content (AvgIpc) is 2.93. The average molecular weight is 579 g/mol. The lowest BCUT2D eigenvalue weighted by molar-refractivity contribution is -0.153. The molecule has 2 heterocycles. The molecule has 4 fully saturated rings. The maximum atomic E-state index is 13.5. The van der Waals surface area contributed by atoms with Crippen molar-refractivity contribution in [3.8, 4) is 0 Å². The fraction of sp³-hybridized carbons (Fsp3) is 0.862. The molecule has 0 aromatic rings. The van der Waals surface area contributed by atoms with Crippen molar-refractivity contribution in [2.45, 2.75) is 115 Å². The molecule has 4 unspecified atom stereocenters. The second-order valence-corrected chi connectivity index (χ2v) is 12.6. The third-order valence-electron chi connectivity index (χ3n) is 9.22. The number of carboxylic acids is 1. The Morgan fingerprint density at radius 3 is 2.29 bits per heavy atom. The Kier molecular flexibility index (Phi) is 11.6. The van der Waals surface area contributed by atoms with E-state index >= 15 is 0 Å². The molecule has 4 amide bonds. The van der Waals surface area contributed by atoms with Crippen LogP contribution in [0.4, 0.5) is 4.79 Å². The normalized spacial score (nSPS) is 32.1. The van der Waals surface area contributed by atoms with Crippen molar-refractivity contribution in [1.29, 1.82) is 0 Å². The zero-order valence-corrected chi connectivity index (χ0v) is 24.7. The van der Waals surface area contributed by atoms with Crippen molar-refractivity contribution in [2.75, 3.05) is 32.8 Å². The van der Waals surface area contributed by atoms with Crippen LogP contribution in [0.2, 0.25) is 0 Å². The predicted molar refractivity (Wildman–Crippen MR) is 153 cm³/mol. The van der Waals surface area contributed by atoms with Gasteiger partial charge in [-0.15, -0.1) is 0 Å². The minimum Gasteiger partial charge on any atom is -0.481 e. The van der Waals surface area contributed by atoms with Crippen LogP contribution >= 0.6 is 0 Å². The summed E-state index contributed by atoms with van der Waals surface area (Å²) in [5.74, 6) is -1.33. The number of urea groups is 1. The van der Waals surface area contributed by atoms with Crippen LogP contribution in [0.5, 0.6) is 0 Å². The zero-order chi connectivity index (χ0) is 29.4. The molecular weight excluding hydrogens is 528 g/mol. The van der Waals surface area contributed by atoms with Gasteiger partial charge in [0.2, 0.25) is 11.8 Å². The molecule has 2 saturated heterocycles. The van der Waals surface area contributed by atoms with Crippen molar-refractivity contribution in [2.24, 2.45) is 11.8 Å². The largest absolute Gasteiger partial charge is 0.481 e. The second kappa shape index (κ2) is 15.2. The van der Waals surface area contributed by atoms with Crippen molar-refractivity contribution in [3.05, 3.63) is 0 Å². The highest BCUT2D eigenvalue weighted by Gasteiger charge is 2.39. The number of carbonyl (C=O) groups is 4. The summed E-state index contributed by atoms with van der Waals surface area (Å²) in [6, 6.07) is -0.319. The number of aliphatic carboxylic acids is 1. The van der Waals surface area contributed by atoms with Crippen LogP contribution in [0.15, 0.2) is 0 Å². The van der Waals surface area contributed by atoms with Gasteiger partial charge >= 0.3 is 12.0 Å². The second-order valence-electron chi connectivity index (χ2n) is 12.6. The Hall–Kier alpha value is -2.44. The summed E-state index contributed by atoms with van der Waals surface area (Å²) < 4.78 is 5.40. The molecule has 4 rings (SSSR count). The Bertz CT molecular complexity index is 906. The SMILES string of the molecule is CC1CC(CC(=O)NC2CCC(NC(=O)NC3CCCCC3C)CC2)C(=O)N([C@@H](CC(=O)O)CN2CCOCC2)N1. The van der Waals surface area contributed by atoms with Crippen LogP contribution in [0.3, 0.4) is 0 Å². The fourth-order valence-electron chi connectivity index (χ4n) is 6.87. The van der Waals surface area contributed by atoms with E-state index in [1.54, 1.807) is 0 Å². The molecule has 5 N–H and O–H groups in total. The third kappa shape index (κ3) is 9.54. The fourth-order valence-corrected chi connectivity index (χ4v) is 6.87. The van der Waals surface area contributed by atoms with Gasteiger partial charge in [-0.05, 0) is 57.8 Å². The molecule has 0 aromatic carbocycles. The van der Waals surface area contributed by atoms with Crippen LogP contribution in [-0.4, -0.2) is 102 Å². The molecule has 0 aromatic heterocycles. The van der Waals surface area contributed by atoms with Gasteiger partial charge in [0.25, 0.3) is 0 Å². The molecule has 4 aliphatic rings. The van der Waals surface area contributed by atoms with Crippen LogP contribution in [-0.2, 0) is 19.1 Å². The van der Waals surface area contributed by atoms with Crippen LogP contribution in [0.1, 0.15) is 84.5 Å². The number of rotatable bonds is 10. The molecule has 2 aliphatic heterocycles. The lowest BCUT2D eigenvalue weighted by Gasteiger charge is -2.42. The number of nitrogens with one attached hydrogen (secondary N) is 4. The third-order valence-corrected chi connectivity index (χ3v) is 9.22. The van der Waals surface area contributed by atoms with E-state index < -0.39 is 17.9 Å².